The summed E-state index contributed by atoms with van der Waals surface area (Å²) in [5.41, 5.74) is 0.323. The first kappa shape index (κ1) is 23.2. The third kappa shape index (κ3) is 5.24. The van der Waals surface area contributed by atoms with Crippen LogP contribution in [0.1, 0.15) is 30.9 Å². The van der Waals surface area contributed by atoms with E-state index >= 15 is 0 Å². The first-order valence-electron chi connectivity index (χ1n) is 9.33. The highest BCUT2D eigenvalue weighted by Crippen LogP contribution is 2.65. The van der Waals surface area contributed by atoms with Crippen molar-refractivity contribution < 1.29 is 35.5 Å². The molecule has 0 saturated heterocycles. The summed E-state index contributed by atoms with van der Waals surface area (Å²) in [6, 6.07) is 8.92. The monoisotopic (exact) mass is 459 g/mol. The van der Waals surface area contributed by atoms with Crippen LogP contribution in [0, 0.1) is 17.2 Å². The molecule has 0 spiro atoms. The Morgan fingerprint density at radius 2 is 1.74 bits per heavy atom. The summed E-state index contributed by atoms with van der Waals surface area (Å²) in [5, 5.41) is 5.10. The Balaban J connectivity index is 1.79. The Labute approximate surface area is 177 Å². The van der Waals surface area contributed by atoms with Crippen LogP contribution in [-0.2, 0) is 21.2 Å². The van der Waals surface area contributed by atoms with E-state index in [4.69, 9.17) is 9.88 Å². The summed E-state index contributed by atoms with van der Waals surface area (Å²) in [6.45, 7) is 2.18. The lowest BCUT2D eigenvalue weighted by atomic mass is 10.0. The van der Waals surface area contributed by atoms with E-state index in [-0.39, 0.29) is 34.3 Å². The maximum absolute atomic E-state index is 13.7. The molecule has 0 unspecified atom stereocenters. The smallest absolute Gasteiger partial charge is 0.422 e. The minimum absolute atomic E-state index is 0.0419. The van der Waals surface area contributed by atoms with Crippen LogP contribution in [0.15, 0.2) is 47.4 Å². The van der Waals surface area contributed by atoms with Crippen molar-refractivity contribution in [3.63, 3.8) is 0 Å². The van der Waals surface area contributed by atoms with Crippen molar-refractivity contribution in [3.05, 3.63) is 59.4 Å². The molecule has 0 radical (unpaired) electrons. The zero-order valence-corrected chi connectivity index (χ0v) is 17.6. The third-order valence-corrected chi connectivity index (χ3v) is 6.45. The van der Waals surface area contributed by atoms with E-state index in [1.54, 1.807) is 12.1 Å². The number of Topliss-reactive ketones (excluding diaryl/α,β-unsaturated/α-hetero) is 1. The van der Waals surface area contributed by atoms with E-state index in [2.05, 4.69) is 0 Å². The number of ether oxygens (including phenoxy) is 1. The van der Waals surface area contributed by atoms with Crippen LogP contribution in [0.4, 0.5) is 17.6 Å². The van der Waals surface area contributed by atoms with Crippen LogP contribution in [0.3, 0.4) is 0 Å². The Morgan fingerprint density at radius 3 is 2.29 bits per heavy atom. The first-order valence-corrected chi connectivity index (χ1v) is 10.9. The van der Waals surface area contributed by atoms with Gasteiger partial charge in [-0.3, -0.25) is 4.79 Å². The second kappa shape index (κ2) is 7.90. The largest absolute Gasteiger partial charge is 0.484 e. The fourth-order valence-corrected chi connectivity index (χ4v) is 4.53. The lowest BCUT2D eigenvalue weighted by Gasteiger charge is -2.13. The lowest BCUT2D eigenvalue weighted by Crippen LogP contribution is -2.20. The standard InChI is InChI=1S/C21H21F4NO4S/c1-20(2)18(12-3-6-15(7-4-12)31(26,28)29)19(20)16(27)10-13-9-14(22)5-8-17(13)30-11-21(23,24)25/h3-9,18-19H,10-11H2,1-2H3,(H2,26,28,29)/t18-,19-/m1/s1. The van der Waals surface area contributed by atoms with Gasteiger partial charge >= 0.3 is 6.18 Å². The Hall–Kier alpha value is -2.46. The second-order valence-corrected chi connectivity index (χ2v) is 9.75. The van der Waals surface area contributed by atoms with Crippen molar-refractivity contribution in [3.8, 4) is 5.75 Å². The Bertz CT molecular complexity index is 1100. The summed E-state index contributed by atoms with van der Waals surface area (Å²) in [5.74, 6) is -1.84. The number of primary sulfonamides is 1. The summed E-state index contributed by atoms with van der Waals surface area (Å²) >= 11 is 0. The van der Waals surface area contributed by atoms with Gasteiger partial charge in [0.2, 0.25) is 10.0 Å². The molecule has 0 aliphatic heterocycles. The molecule has 10 heteroatoms. The van der Waals surface area contributed by atoms with Gasteiger partial charge in [0.05, 0.1) is 4.90 Å². The van der Waals surface area contributed by atoms with E-state index in [0.29, 0.717) is 0 Å². The van der Waals surface area contributed by atoms with Crippen molar-refractivity contribution in [2.24, 2.45) is 16.5 Å². The maximum Gasteiger partial charge on any atom is 0.422 e. The minimum Gasteiger partial charge on any atom is -0.484 e. The molecule has 2 N–H and O–H groups in total. The number of hydrogen-bond donors (Lipinski definition) is 1. The fraction of sp³-hybridized carbons (Fsp3) is 0.381. The highest BCUT2D eigenvalue weighted by molar-refractivity contribution is 7.89. The summed E-state index contributed by atoms with van der Waals surface area (Å²) in [4.78, 5) is 12.9. The molecular weight excluding hydrogens is 438 g/mol. The van der Waals surface area contributed by atoms with Crippen LogP contribution in [-0.4, -0.2) is 27.0 Å². The summed E-state index contributed by atoms with van der Waals surface area (Å²) in [7, 11) is -3.85. The van der Waals surface area contributed by atoms with Gasteiger partial charge < -0.3 is 4.74 Å². The molecule has 0 bridgehead atoms. The number of benzene rings is 2. The number of carbonyl (C=O) groups is 1. The molecule has 2 atom stereocenters. The normalized spacial score (nSPS) is 20.4. The van der Waals surface area contributed by atoms with Gasteiger partial charge in [0.25, 0.3) is 0 Å². The van der Waals surface area contributed by atoms with Crippen LogP contribution < -0.4 is 9.88 Å². The molecule has 0 amide bonds. The molecule has 2 aromatic rings. The summed E-state index contributed by atoms with van der Waals surface area (Å²) in [6.07, 6.45) is -4.85. The number of rotatable bonds is 7. The maximum atomic E-state index is 13.7. The van der Waals surface area contributed by atoms with E-state index in [1.165, 1.54) is 12.1 Å². The molecule has 0 heterocycles. The van der Waals surface area contributed by atoms with Gasteiger partial charge in [-0.25, -0.2) is 17.9 Å². The fourth-order valence-electron chi connectivity index (χ4n) is 4.01. The SMILES string of the molecule is CC1(C)[C@H](C(=O)Cc2cc(F)ccc2OCC(F)(F)F)[C@H]1c1ccc(S(N)(=O)=O)cc1. The van der Waals surface area contributed by atoms with Crippen molar-refractivity contribution in [1.82, 2.24) is 0 Å². The number of hydrogen-bond acceptors (Lipinski definition) is 4. The van der Waals surface area contributed by atoms with Gasteiger partial charge in [-0.15, -0.1) is 0 Å². The van der Waals surface area contributed by atoms with Crippen molar-refractivity contribution >= 4 is 15.8 Å². The van der Waals surface area contributed by atoms with E-state index in [0.717, 1.165) is 23.8 Å². The van der Waals surface area contributed by atoms with Crippen molar-refractivity contribution in [2.75, 3.05) is 6.61 Å². The topological polar surface area (TPSA) is 86.5 Å². The van der Waals surface area contributed by atoms with Crippen LogP contribution in [0.2, 0.25) is 0 Å². The third-order valence-electron chi connectivity index (χ3n) is 5.52. The van der Waals surface area contributed by atoms with Gasteiger partial charge in [0.15, 0.2) is 6.61 Å². The Kier molecular flexibility index (Phi) is 5.92. The molecule has 5 nitrogen and oxygen atoms in total. The van der Waals surface area contributed by atoms with E-state index in [1.807, 2.05) is 13.8 Å². The van der Waals surface area contributed by atoms with Crippen LogP contribution >= 0.6 is 0 Å². The van der Waals surface area contributed by atoms with Gasteiger partial charge in [0.1, 0.15) is 17.3 Å². The quantitative estimate of drug-likeness (QED) is 0.635. The zero-order chi connectivity index (χ0) is 23.2. The van der Waals surface area contributed by atoms with Gasteiger partial charge in [-0.2, -0.15) is 13.2 Å². The Morgan fingerprint density at radius 1 is 1.13 bits per heavy atom. The lowest BCUT2D eigenvalue weighted by molar-refractivity contribution is -0.153. The highest BCUT2D eigenvalue weighted by atomic mass is 32.2. The van der Waals surface area contributed by atoms with Gasteiger partial charge in [0, 0.05) is 17.9 Å². The first-order chi connectivity index (χ1) is 14.2. The van der Waals surface area contributed by atoms with Crippen molar-refractivity contribution in [2.45, 2.75) is 37.3 Å². The minimum atomic E-state index is -4.57. The number of halogens is 4. The molecule has 1 fully saturated rings. The number of carbonyl (C=O) groups excluding carboxylic acids is 1. The van der Waals surface area contributed by atoms with Crippen molar-refractivity contribution in [1.29, 1.82) is 0 Å². The number of nitrogens with two attached hydrogens (primary N) is 1. The van der Waals surface area contributed by atoms with E-state index in [9.17, 15) is 30.8 Å². The molecule has 1 saturated carbocycles. The molecule has 0 aromatic heterocycles. The van der Waals surface area contributed by atoms with E-state index < -0.39 is 40.0 Å². The molecule has 31 heavy (non-hydrogen) atoms. The van der Waals surface area contributed by atoms with Gasteiger partial charge in [-0.05, 0) is 47.2 Å². The molecule has 168 valence electrons. The molecule has 1 aliphatic rings. The molecular formula is C21H21F4NO4S. The average molecular weight is 459 g/mol. The van der Waals surface area contributed by atoms with Crippen LogP contribution in [0.25, 0.3) is 0 Å². The molecule has 3 rings (SSSR count). The molecule has 2 aromatic carbocycles. The second-order valence-electron chi connectivity index (χ2n) is 8.19. The summed E-state index contributed by atoms with van der Waals surface area (Å²) < 4.78 is 78.7. The van der Waals surface area contributed by atoms with Gasteiger partial charge in [-0.1, -0.05) is 26.0 Å². The predicted octanol–water partition coefficient (Wildman–Crippen LogP) is 3.97. The van der Waals surface area contributed by atoms with Crippen LogP contribution in [0.5, 0.6) is 5.75 Å². The average Bonchev–Trinajstić information content (AvgIpc) is 3.22. The predicted molar refractivity (Wildman–Crippen MR) is 104 cm³/mol. The highest BCUT2D eigenvalue weighted by Gasteiger charge is 2.61. The molecule has 1 aliphatic carbocycles. The zero-order valence-electron chi connectivity index (χ0n) is 16.7. The number of ketones is 1. The number of alkyl halides is 3. The number of sulfonamides is 1.